The average molecular weight is 409 g/mol. The first-order valence-electron chi connectivity index (χ1n) is 9.58. The van der Waals surface area contributed by atoms with E-state index in [1.807, 2.05) is 0 Å². The minimum Gasteiger partial charge on any atom is -0.335 e. The van der Waals surface area contributed by atoms with E-state index < -0.39 is 11.7 Å². The third-order valence-electron chi connectivity index (χ3n) is 5.60. The fourth-order valence-corrected chi connectivity index (χ4v) is 4.85. The smallest absolute Gasteiger partial charge is 0.335 e. The predicted molar refractivity (Wildman–Crippen MR) is 102 cm³/mol. The van der Waals surface area contributed by atoms with E-state index in [-0.39, 0.29) is 5.91 Å². The molecular formula is C20H22F3N3OS. The van der Waals surface area contributed by atoms with Crippen molar-refractivity contribution in [2.24, 2.45) is 0 Å². The van der Waals surface area contributed by atoms with Crippen molar-refractivity contribution in [2.45, 2.75) is 37.9 Å². The predicted octanol–water partition coefficient (Wildman–Crippen LogP) is 4.53. The molecule has 1 saturated heterocycles. The van der Waals surface area contributed by atoms with Crippen molar-refractivity contribution in [2.75, 3.05) is 26.2 Å². The molecule has 150 valence electrons. The number of benzene rings is 1. The normalized spacial score (nSPS) is 19.3. The first-order valence-corrected chi connectivity index (χ1v) is 10.5. The van der Waals surface area contributed by atoms with Crippen LogP contribution in [0.3, 0.4) is 0 Å². The van der Waals surface area contributed by atoms with Gasteiger partial charge in [-0.1, -0.05) is 25.0 Å². The zero-order valence-corrected chi connectivity index (χ0v) is 16.2. The molecule has 1 aromatic carbocycles. The van der Waals surface area contributed by atoms with E-state index in [1.165, 1.54) is 43.1 Å². The number of aromatic nitrogens is 1. The Hall–Kier alpha value is -1.93. The lowest BCUT2D eigenvalue weighted by atomic mass is 10.1. The van der Waals surface area contributed by atoms with Gasteiger partial charge in [-0.2, -0.15) is 13.2 Å². The van der Waals surface area contributed by atoms with Crippen molar-refractivity contribution < 1.29 is 18.0 Å². The summed E-state index contributed by atoms with van der Waals surface area (Å²) in [7, 11) is 0. The zero-order valence-electron chi connectivity index (χ0n) is 15.4. The molecule has 0 radical (unpaired) electrons. The second-order valence-corrected chi connectivity index (χ2v) is 8.24. The molecule has 2 fully saturated rings. The molecule has 0 bridgehead atoms. The van der Waals surface area contributed by atoms with E-state index in [0.717, 1.165) is 25.2 Å². The van der Waals surface area contributed by atoms with Crippen molar-refractivity contribution in [1.29, 1.82) is 0 Å². The summed E-state index contributed by atoms with van der Waals surface area (Å²) in [6.07, 6.45) is 0.688. The third kappa shape index (κ3) is 4.07. The number of hydrogen-bond acceptors (Lipinski definition) is 4. The molecule has 0 spiro atoms. The summed E-state index contributed by atoms with van der Waals surface area (Å²) in [6.45, 7) is 3.10. The SMILES string of the molecule is O=C(c1csc(-c2cccc(C(F)(F)F)c2)n1)N1CCN(C2CCCC2)CC1. The van der Waals surface area contributed by atoms with Crippen LogP contribution in [0.1, 0.15) is 41.7 Å². The molecule has 28 heavy (non-hydrogen) atoms. The Labute approximate surface area is 166 Å². The van der Waals surface area contributed by atoms with Crippen LogP contribution in [0, 0.1) is 0 Å². The minimum atomic E-state index is -4.40. The molecule has 0 atom stereocenters. The molecule has 0 unspecified atom stereocenters. The van der Waals surface area contributed by atoms with Gasteiger partial charge in [0, 0.05) is 43.2 Å². The van der Waals surface area contributed by atoms with Crippen molar-refractivity contribution in [3.05, 3.63) is 40.9 Å². The summed E-state index contributed by atoms with van der Waals surface area (Å²) in [5.41, 5.74) is -0.0206. The van der Waals surface area contributed by atoms with Gasteiger partial charge in [0.25, 0.3) is 5.91 Å². The van der Waals surface area contributed by atoms with Gasteiger partial charge in [0.15, 0.2) is 0 Å². The number of alkyl halides is 3. The van der Waals surface area contributed by atoms with Crippen molar-refractivity contribution in [3.8, 4) is 10.6 Å². The van der Waals surface area contributed by atoms with Gasteiger partial charge in [-0.3, -0.25) is 9.69 Å². The Balaban J connectivity index is 1.42. The summed E-state index contributed by atoms with van der Waals surface area (Å²) in [5.74, 6) is -0.138. The standard InChI is InChI=1S/C20H22F3N3OS/c21-20(22,23)15-5-3-4-14(12-15)18-24-17(13-28-18)19(27)26-10-8-25(9-11-26)16-6-1-2-7-16/h3-5,12-13,16H,1-2,6-11H2. The largest absolute Gasteiger partial charge is 0.416 e. The van der Waals surface area contributed by atoms with Crippen molar-refractivity contribution >= 4 is 17.2 Å². The number of piperazine rings is 1. The lowest BCUT2D eigenvalue weighted by Gasteiger charge is -2.37. The highest BCUT2D eigenvalue weighted by molar-refractivity contribution is 7.13. The van der Waals surface area contributed by atoms with Gasteiger partial charge < -0.3 is 4.90 Å². The van der Waals surface area contributed by atoms with Crippen molar-refractivity contribution in [3.63, 3.8) is 0 Å². The quantitative estimate of drug-likeness (QED) is 0.747. The van der Waals surface area contributed by atoms with Gasteiger partial charge in [-0.25, -0.2) is 4.98 Å². The third-order valence-corrected chi connectivity index (χ3v) is 6.49. The summed E-state index contributed by atoms with van der Waals surface area (Å²) in [6, 6.07) is 5.72. The summed E-state index contributed by atoms with van der Waals surface area (Å²) in [4.78, 5) is 21.4. The van der Waals surface area contributed by atoms with E-state index in [4.69, 9.17) is 0 Å². The molecule has 2 aromatic rings. The van der Waals surface area contributed by atoms with Crippen LogP contribution in [0.2, 0.25) is 0 Å². The van der Waals surface area contributed by atoms with Gasteiger partial charge in [-0.15, -0.1) is 11.3 Å². The molecule has 4 rings (SSSR count). The second kappa shape index (κ2) is 7.83. The summed E-state index contributed by atoms with van der Waals surface area (Å²) in [5, 5.41) is 2.07. The van der Waals surface area contributed by atoms with Crippen LogP contribution in [0.5, 0.6) is 0 Å². The maximum absolute atomic E-state index is 12.9. The van der Waals surface area contributed by atoms with E-state index in [2.05, 4.69) is 9.88 Å². The maximum Gasteiger partial charge on any atom is 0.416 e. The molecule has 2 aliphatic rings. The Kier molecular flexibility index (Phi) is 5.42. The van der Waals surface area contributed by atoms with Crippen LogP contribution in [-0.2, 0) is 6.18 Å². The maximum atomic E-state index is 12.9. The zero-order chi connectivity index (χ0) is 19.7. The Morgan fingerprint density at radius 3 is 2.50 bits per heavy atom. The molecule has 1 aliphatic heterocycles. The van der Waals surface area contributed by atoms with Crippen LogP contribution >= 0.6 is 11.3 Å². The van der Waals surface area contributed by atoms with E-state index in [9.17, 15) is 18.0 Å². The van der Waals surface area contributed by atoms with Gasteiger partial charge in [0.05, 0.1) is 5.56 Å². The van der Waals surface area contributed by atoms with Gasteiger partial charge in [0.1, 0.15) is 10.7 Å². The topological polar surface area (TPSA) is 36.4 Å². The van der Waals surface area contributed by atoms with Crippen LogP contribution in [-0.4, -0.2) is 52.9 Å². The van der Waals surface area contributed by atoms with Crippen LogP contribution in [0.4, 0.5) is 13.2 Å². The average Bonchev–Trinajstić information content (AvgIpc) is 3.39. The highest BCUT2D eigenvalue weighted by atomic mass is 32.1. The molecule has 1 amide bonds. The number of amides is 1. The number of carbonyl (C=O) groups is 1. The highest BCUT2D eigenvalue weighted by Gasteiger charge is 2.31. The Morgan fingerprint density at radius 1 is 1.11 bits per heavy atom. The van der Waals surface area contributed by atoms with Crippen LogP contribution in [0.15, 0.2) is 29.6 Å². The molecule has 0 N–H and O–H groups in total. The van der Waals surface area contributed by atoms with Gasteiger partial charge in [-0.05, 0) is 25.0 Å². The summed E-state index contributed by atoms with van der Waals surface area (Å²) >= 11 is 1.20. The first kappa shape index (κ1) is 19.4. The van der Waals surface area contributed by atoms with Gasteiger partial charge in [0.2, 0.25) is 0 Å². The first-order chi connectivity index (χ1) is 13.4. The van der Waals surface area contributed by atoms with Crippen LogP contribution < -0.4 is 0 Å². The number of rotatable bonds is 3. The Morgan fingerprint density at radius 2 is 1.82 bits per heavy atom. The van der Waals surface area contributed by atoms with Crippen molar-refractivity contribution in [1.82, 2.24) is 14.8 Å². The fraction of sp³-hybridized carbons (Fsp3) is 0.500. The van der Waals surface area contributed by atoms with Crippen LogP contribution in [0.25, 0.3) is 10.6 Å². The molecule has 1 aromatic heterocycles. The minimum absolute atomic E-state index is 0.138. The van der Waals surface area contributed by atoms with E-state index in [1.54, 1.807) is 16.3 Å². The molecule has 8 heteroatoms. The molecular weight excluding hydrogens is 387 g/mol. The number of hydrogen-bond donors (Lipinski definition) is 0. The number of carbonyl (C=O) groups excluding carboxylic acids is 1. The fourth-order valence-electron chi connectivity index (χ4n) is 4.05. The second-order valence-electron chi connectivity index (χ2n) is 7.38. The number of nitrogens with zero attached hydrogens (tertiary/aromatic N) is 3. The van der Waals surface area contributed by atoms with Gasteiger partial charge >= 0.3 is 6.18 Å². The lowest BCUT2D eigenvalue weighted by Crippen LogP contribution is -2.51. The van der Waals surface area contributed by atoms with E-state index in [0.29, 0.717) is 35.4 Å². The molecule has 1 saturated carbocycles. The molecule has 4 nitrogen and oxygen atoms in total. The highest BCUT2D eigenvalue weighted by Crippen LogP contribution is 2.33. The lowest BCUT2D eigenvalue weighted by molar-refractivity contribution is -0.137. The monoisotopic (exact) mass is 409 g/mol. The summed E-state index contributed by atoms with van der Waals surface area (Å²) < 4.78 is 38.8. The Bertz CT molecular complexity index is 837. The van der Waals surface area contributed by atoms with E-state index >= 15 is 0 Å². The number of halogens is 3. The number of thiazole rings is 1. The molecule has 1 aliphatic carbocycles. The molecule has 2 heterocycles.